The van der Waals surface area contributed by atoms with Crippen LogP contribution in [0, 0.1) is 11.3 Å². The Balaban J connectivity index is 2.85. The van der Waals surface area contributed by atoms with Crippen molar-refractivity contribution in [3.05, 3.63) is 28.2 Å². The van der Waals surface area contributed by atoms with Gasteiger partial charge in [-0.1, -0.05) is 22.9 Å². The summed E-state index contributed by atoms with van der Waals surface area (Å²) in [6, 6.07) is 6.69. The summed E-state index contributed by atoms with van der Waals surface area (Å²) in [5.74, 6) is -0.540. The highest BCUT2D eigenvalue weighted by Crippen LogP contribution is 2.18. The maximum absolute atomic E-state index is 11.6. The highest BCUT2D eigenvalue weighted by atomic mass is 79.9. The fraction of sp³-hybridized carbons (Fsp3) is 0.273. The van der Waals surface area contributed by atoms with E-state index >= 15 is 0 Å². The largest absolute Gasteiger partial charge is 0.443 e. The van der Waals surface area contributed by atoms with Crippen molar-refractivity contribution in [2.24, 2.45) is 0 Å². The normalized spacial score (nSPS) is 11.6. The fourth-order valence-corrected chi connectivity index (χ4v) is 1.64. The van der Waals surface area contributed by atoms with E-state index in [-0.39, 0.29) is 0 Å². The maximum atomic E-state index is 11.6. The first-order valence-electron chi connectivity index (χ1n) is 4.73. The lowest BCUT2D eigenvalue weighted by Gasteiger charge is -2.09. The van der Waals surface area contributed by atoms with Gasteiger partial charge in [-0.3, -0.25) is 0 Å². The zero-order valence-corrected chi connectivity index (χ0v) is 10.3. The molecule has 0 heterocycles. The van der Waals surface area contributed by atoms with Gasteiger partial charge in [0.25, 0.3) is 0 Å². The van der Waals surface area contributed by atoms with Gasteiger partial charge in [0.2, 0.25) is 0 Å². The molecule has 1 aromatic rings. The Labute approximate surface area is 102 Å². The number of esters is 1. The summed E-state index contributed by atoms with van der Waals surface area (Å²) in [6.45, 7) is 1.77. The van der Waals surface area contributed by atoms with Crippen molar-refractivity contribution >= 4 is 27.6 Å². The van der Waals surface area contributed by atoms with Crippen molar-refractivity contribution in [3.8, 4) is 6.07 Å². The summed E-state index contributed by atoms with van der Waals surface area (Å²) in [7, 11) is 0. The van der Waals surface area contributed by atoms with Gasteiger partial charge >= 0.3 is 5.97 Å². The summed E-state index contributed by atoms with van der Waals surface area (Å²) in [4.78, 5) is 11.6. The molecule has 0 bridgehead atoms. The van der Waals surface area contributed by atoms with Gasteiger partial charge in [-0.05, 0) is 24.6 Å². The molecule has 1 aromatic carbocycles. The topological polar surface area (TPSA) is 76.1 Å². The van der Waals surface area contributed by atoms with E-state index in [1.54, 1.807) is 19.1 Å². The van der Waals surface area contributed by atoms with Gasteiger partial charge in [-0.2, -0.15) is 5.26 Å². The molecule has 16 heavy (non-hydrogen) atoms. The molecule has 2 N–H and O–H groups in total. The van der Waals surface area contributed by atoms with Crippen LogP contribution in [0.4, 0.5) is 5.69 Å². The highest BCUT2D eigenvalue weighted by Gasteiger charge is 2.14. The highest BCUT2D eigenvalue weighted by molar-refractivity contribution is 9.10. The Morgan fingerprint density at radius 1 is 1.62 bits per heavy atom. The van der Waals surface area contributed by atoms with Crippen LogP contribution in [0.5, 0.6) is 0 Å². The van der Waals surface area contributed by atoms with Crippen molar-refractivity contribution in [2.75, 3.05) is 5.73 Å². The smallest absolute Gasteiger partial charge is 0.339 e. The summed E-state index contributed by atoms with van der Waals surface area (Å²) in [5, 5.41) is 8.67. The molecule has 1 unspecified atom stereocenters. The van der Waals surface area contributed by atoms with Crippen molar-refractivity contribution < 1.29 is 9.53 Å². The lowest BCUT2D eigenvalue weighted by atomic mass is 10.2. The third-order valence-electron chi connectivity index (χ3n) is 1.92. The van der Waals surface area contributed by atoms with Crippen LogP contribution >= 0.6 is 15.9 Å². The first-order chi connectivity index (χ1) is 7.56. The van der Waals surface area contributed by atoms with Crippen LogP contribution in [0.2, 0.25) is 0 Å². The van der Waals surface area contributed by atoms with Crippen molar-refractivity contribution in [1.82, 2.24) is 0 Å². The second kappa shape index (κ2) is 5.52. The second-order valence-electron chi connectivity index (χ2n) is 3.20. The number of rotatable bonds is 3. The van der Waals surface area contributed by atoms with E-state index in [2.05, 4.69) is 15.9 Å². The third-order valence-corrected chi connectivity index (χ3v) is 2.38. The Hall–Kier alpha value is -1.54. The molecule has 0 fully saturated rings. The van der Waals surface area contributed by atoms with Crippen LogP contribution in [-0.4, -0.2) is 12.1 Å². The molecule has 1 rings (SSSR count). The average Bonchev–Trinajstić information content (AvgIpc) is 2.24. The zero-order chi connectivity index (χ0) is 12.1. The first-order valence-corrected chi connectivity index (χ1v) is 5.52. The number of anilines is 1. The SMILES string of the molecule is CCC(C#N)OC(=O)c1cc(N)cc(Br)c1. The number of nitrogens with two attached hydrogens (primary N) is 1. The first kappa shape index (κ1) is 12.5. The van der Waals surface area contributed by atoms with Gasteiger partial charge in [-0.15, -0.1) is 0 Å². The molecule has 0 aliphatic rings. The number of benzene rings is 1. The van der Waals surface area contributed by atoms with Gasteiger partial charge < -0.3 is 10.5 Å². The van der Waals surface area contributed by atoms with Gasteiger partial charge in [0.1, 0.15) is 6.07 Å². The molecule has 0 radical (unpaired) electrons. The standard InChI is InChI=1S/C11H11BrN2O2/c1-2-10(6-13)16-11(15)7-3-8(12)5-9(14)4-7/h3-5,10H,2,14H2,1H3. The van der Waals surface area contributed by atoms with Gasteiger partial charge in [0, 0.05) is 10.2 Å². The predicted molar refractivity (Wildman–Crippen MR) is 63.7 cm³/mol. The molecule has 0 amide bonds. The van der Waals surface area contributed by atoms with E-state index < -0.39 is 12.1 Å². The van der Waals surface area contributed by atoms with Gasteiger partial charge in [-0.25, -0.2) is 4.79 Å². The maximum Gasteiger partial charge on any atom is 0.339 e. The van der Waals surface area contributed by atoms with Crippen molar-refractivity contribution in [2.45, 2.75) is 19.4 Å². The molecular formula is C11H11BrN2O2. The molecule has 4 nitrogen and oxygen atoms in total. The summed E-state index contributed by atoms with van der Waals surface area (Å²) in [5.41, 5.74) is 6.39. The number of nitriles is 1. The van der Waals surface area contributed by atoms with Crippen LogP contribution < -0.4 is 5.73 Å². The molecule has 0 aliphatic heterocycles. The number of nitrogen functional groups attached to an aromatic ring is 1. The fourth-order valence-electron chi connectivity index (χ4n) is 1.13. The van der Waals surface area contributed by atoms with E-state index in [9.17, 15) is 4.79 Å². The van der Waals surface area contributed by atoms with Crippen LogP contribution in [0.1, 0.15) is 23.7 Å². The quantitative estimate of drug-likeness (QED) is 0.683. The summed E-state index contributed by atoms with van der Waals surface area (Å²) < 4.78 is 5.67. The van der Waals surface area contributed by atoms with Crippen molar-refractivity contribution in [3.63, 3.8) is 0 Å². The number of halogens is 1. The summed E-state index contributed by atoms with van der Waals surface area (Å²) >= 11 is 3.23. The number of carbonyl (C=O) groups excluding carboxylic acids is 1. The minimum absolute atomic E-state index is 0.334. The number of hydrogen-bond donors (Lipinski definition) is 1. The van der Waals surface area contributed by atoms with Crippen molar-refractivity contribution in [1.29, 1.82) is 5.26 Å². The molecule has 0 saturated carbocycles. The second-order valence-corrected chi connectivity index (χ2v) is 4.12. The number of hydrogen-bond acceptors (Lipinski definition) is 4. The Kier molecular flexibility index (Phi) is 4.32. The molecule has 0 aromatic heterocycles. The number of nitrogens with zero attached hydrogens (tertiary/aromatic N) is 1. The lowest BCUT2D eigenvalue weighted by Crippen LogP contribution is -2.15. The minimum Gasteiger partial charge on any atom is -0.443 e. The third kappa shape index (κ3) is 3.24. The van der Waals surface area contributed by atoms with E-state index in [4.69, 9.17) is 15.7 Å². The Morgan fingerprint density at radius 3 is 2.81 bits per heavy atom. The molecule has 0 saturated heterocycles. The van der Waals surface area contributed by atoms with Crippen LogP contribution in [0.15, 0.2) is 22.7 Å². The lowest BCUT2D eigenvalue weighted by molar-refractivity contribution is 0.0401. The minimum atomic E-state index is -0.715. The van der Waals surface area contributed by atoms with E-state index in [0.29, 0.717) is 22.1 Å². The van der Waals surface area contributed by atoms with Crippen LogP contribution in [0.25, 0.3) is 0 Å². The number of ether oxygens (including phenoxy) is 1. The van der Waals surface area contributed by atoms with E-state index in [1.807, 2.05) is 6.07 Å². The predicted octanol–water partition coefficient (Wildman–Crippen LogP) is 2.49. The molecule has 1 atom stereocenters. The molecule has 0 spiro atoms. The average molecular weight is 283 g/mol. The molecule has 84 valence electrons. The summed E-state index contributed by atoms with van der Waals surface area (Å²) in [6.07, 6.45) is -0.251. The molecule has 0 aliphatic carbocycles. The molecule has 5 heteroatoms. The van der Waals surface area contributed by atoms with Crippen LogP contribution in [0.3, 0.4) is 0 Å². The number of carbonyl (C=O) groups is 1. The monoisotopic (exact) mass is 282 g/mol. The van der Waals surface area contributed by atoms with Gasteiger partial charge in [0.05, 0.1) is 5.56 Å². The van der Waals surface area contributed by atoms with Gasteiger partial charge in [0.15, 0.2) is 6.10 Å². The van der Waals surface area contributed by atoms with E-state index in [1.165, 1.54) is 6.07 Å². The zero-order valence-electron chi connectivity index (χ0n) is 8.74. The Bertz CT molecular complexity index is 420. The Morgan fingerprint density at radius 2 is 2.31 bits per heavy atom. The van der Waals surface area contributed by atoms with Crippen LogP contribution in [-0.2, 0) is 4.74 Å². The molecular weight excluding hydrogens is 272 g/mol. The van der Waals surface area contributed by atoms with E-state index in [0.717, 1.165) is 0 Å².